The van der Waals surface area contributed by atoms with Crippen molar-refractivity contribution in [3.63, 3.8) is 0 Å². The average Bonchev–Trinajstić information content (AvgIpc) is 2.57. The molecule has 1 saturated heterocycles. The Morgan fingerprint density at radius 3 is 2.81 bits per heavy atom. The number of hydrogen-bond acceptors (Lipinski definition) is 2. The van der Waals surface area contributed by atoms with Crippen LogP contribution in [0.4, 0.5) is 0 Å². The van der Waals surface area contributed by atoms with E-state index in [4.69, 9.17) is 23.2 Å². The molecule has 0 aliphatic carbocycles. The number of benzene rings is 1. The van der Waals surface area contributed by atoms with E-state index in [1.807, 2.05) is 12.1 Å². The molecule has 4 heteroatoms. The van der Waals surface area contributed by atoms with Crippen LogP contribution in [0.3, 0.4) is 0 Å². The van der Waals surface area contributed by atoms with Crippen molar-refractivity contribution in [3.8, 4) is 0 Å². The van der Waals surface area contributed by atoms with Gasteiger partial charge in [0.1, 0.15) is 0 Å². The van der Waals surface area contributed by atoms with Gasteiger partial charge in [-0.25, -0.2) is 0 Å². The highest BCUT2D eigenvalue weighted by Gasteiger charge is 2.24. The van der Waals surface area contributed by atoms with Crippen molar-refractivity contribution in [2.45, 2.75) is 52.2 Å². The lowest BCUT2D eigenvalue weighted by Crippen LogP contribution is -2.40. The fourth-order valence-corrected chi connectivity index (χ4v) is 3.42. The molecule has 1 fully saturated rings. The van der Waals surface area contributed by atoms with Crippen LogP contribution >= 0.6 is 23.2 Å². The second-order valence-electron chi connectivity index (χ2n) is 6.56. The number of rotatable bonds is 4. The molecule has 2 rings (SSSR count). The summed E-state index contributed by atoms with van der Waals surface area (Å²) in [5.74, 6) is 0.715. The SMILES string of the molecule is CC(C)CC1CN(Cc2cccc(Cl)c2Cl)C(C)CCN1. The highest BCUT2D eigenvalue weighted by molar-refractivity contribution is 6.42. The van der Waals surface area contributed by atoms with E-state index < -0.39 is 0 Å². The predicted octanol–water partition coefficient (Wildman–Crippen LogP) is 4.59. The van der Waals surface area contributed by atoms with Crippen molar-refractivity contribution in [2.24, 2.45) is 5.92 Å². The largest absolute Gasteiger partial charge is 0.313 e. The van der Waals surface area contributed by atoms with Crippen molar-refractivity contribution in [3.05, 3.63) is 33.8 Å². The van der Waals surface area contributed by atoms with Gasteiger partial charge in [0.05, 0.1) is 10.0 Å². The van der Waals surface area contributed by atoms with Gasteiger partial charge in [0.2, 0.25) is 0 Å². The van der Waals surface area contributed by atoms with Gasteiger partial charge < -0.3 is 5.32 Å². The minimum atomic E-state index is 0.560. The lowest BCUT2D eigenvalue weighted by atomic mass is 10.0. The fraction of sp³-hybridized carbons (Fsp3) is 0.647. The molecule has 0 amide bonds. The molecule has 1 aliphatic rings. The topological polar surface area (TPSA) is 15.3 Å². The zero-order valence-electron chi connectivity index (χ0n) is 13.2. The number of halogens is 2. The predicted molar refractivity (Wildman–Crippen MR) is 92.2 cm³/mol. The molecule has 21 heavy (non-hydrogen) atoms. The molecule has 1 heterocycles. The molecule has 0 spiro atoms. The van der Waals surface area contributed by atoms with Gasteiger partial charge in [-0.3, -0.25) is 4.90 Å². The lowest BCUT2D eigenvalue weighted by molar-refractivity contribution is 0.189. The van der Waals surface area contributed by atoms with Crippen LogP contribution in [0.25, 0.3) is 0 Å². The summed E-state index contributed by atoms with van der Waals surface area (Å²) >= 11 is 12.5. The van der Waals surface area contributed by atoms with E-state index in [9.17, 15) is 0 Å². The van der Waals surface area contributed by atoms with Gasteiger partial charge in [-0.05, 0) is 43.9 Å². The summed E-state index contributed by atoms with van der Waals surface area (Å²) in [5.41, 5.74) is 1.13. The van der Waals surface area contributed by atoms with E-state index in [1.165, 1.54) is 12.8 Å². The summed E-state index contributed by atoms with van der Waals surface area (Å²) in [6.45, 7) is 9.91. The summed E-state index contributed by atoms with van der Waals surface area (Å²) in [5, 5.41) is 5.03. The Labute approximate surface area is 138 Å². The van der Waals surface area contributed by atoms with E-state index in [1.54, 1.807) is 0 Å². The highest BCUT2D eigenvalue weighted by atomic mass is 35.5. The van der Waals surface area contributed by atoms with Crippen LogP contribution in [0.5, 0.6) is 0 Å². The number of nitrogens with one attached hydrogen (secondary N) is 1. The van der Waals surface area contributed by atoms with E-state index in [0.29, 0.717) is 28.0 Å². The van der Waals surface area contributed by atoms with E-state index in [-0.39, 0.29) is 0 Å². The monoisotopic (exact) mass is 328 g/mol. The normalized spacial score (nSPS) is 24.3. The van der Waals surface area contributed by atoms with Gasteiger partial charge in [0.25, 0.3) is 0 Å². The maximum absolute atomic E-state index is 6.35. The fourth-order valence-electron chi connectivity index (χ4n) is 3.04. The Kier molecular flexibility index (Phi) is 6.36. The molecule has 1 aromatic carbocycles. The second-order valence-corrected chi connectivity index (χ2v) is 7.35. The highest BCUT2D eigenvalue weighted by Crippen LogP contribution is 2.27. The molecule has 2 nitrogen and oxygen atoms in total. The van der Waals surface area contributed by atoms with Crippen LogP contribution in [0.2, 0.25) is 10.0 Å². The lowest BCUT2D eigenvalue weighted by Gasteiger charge is -2.30. The minimum Gasteiger partial charge on any atom is -0.313 e. The third kappa shape index (κ3) is 4.85. The molecular weight excluding hydrogens is 303 g/mol. The van der Waals surface area contributed by atoms with Gasteiger partial charge in [-0.15, -0.1) is 0 Å². The smallest absolute Gasteiger partial charge is 0.0637 e. The molecule has 2 unspecified atom stereocenters. The zero-order chi connectivity index (χ0) is 15.4. The van der Waals surface area contributed by atoms with Crippen LogP contribution in [-0.4, -0.2) is 30.1 Å². The van der Waals surface area contributed by atoms with E-state index in [0.717, 1.165) is 25.2 Å². The summed E-state index contributed by atoms with van der Waals surface area (Å²) < 4.78 is 0. The van der Waals surface area contributed by atoms with E-state index >= 15 is 0 Å². The van der Waals surface area contributed by atoms with E-state index in [2.05, 4.69) is 37.1 Å². The molecule has 0 radical (unpaired) electrons. The van der Waals surface area contributed by atoms with Crippen LogP contribution in [0, 0.1) is 5.92 Å². The Hall–Kier alpha value is -0.280. The Morgan fingerprint density at radius 2 is 2.10 bits per heavy atom. The van der Waals surface area contributed by atoms with Gasteiger partial charge in [-0.1, -0.05) is 49.2 Å². The molecule has 1 aromatic rings. The summed E-state index contributed by atoms with van der Waals surface area (Å²) in [6, 6.07) is 7.03. The molecule has 2 atom stereocenters. The van der Waals surface area contributed by atoms with Crippen molar-refractivity contribution in [1.29, 1.82) is 0 Å². The molecule has 0 aromatic heterocycles. The standard InChI is InChI=1S/C17H26Cl2N2/c1-12(2)9-15-11-21(13(3)7-8-20-15)10-14-5-4-6-16(18)17(14)19/h4-6,12-13,15,20H,7-11H2,1-3H3. The van der Waals surface area contributed by atoms with Crippen molar-refractivity contribution < 1.29 is 0 Å². The van der Waals surface area contributed by atoms with Gasteiger partial charge >= 0.3 is 0 Å². The number of hydrogen-bond donors (Lipinski definition) is 1. The first-order valence-corrected chi connectivity index (χ1v) is 8.63. The number of nitrogens with zero attached hydrogens (tertiary/aromatic N) is 1. The van der Waals surface area contributed by atoms with Crippen molar-refractivity contribution in [1.82, 2.24) is 10.2 Å². The molecule has 1 aliphatic heterocycles. The third-order valence-corrected chi connectivity index (χ3v) is 5.09. The Bertz CT molecular complexity index is 462. The molecule has 0 bridgehead atoms. The van der Waals surface area contributed by atoms with Crippen LogP contribution in [0.1, 0.15) is 39.2 Å². The maximum atomic E-state index is 6.35. The third-order valence-electron chi connectivity index (χ3n) is 4.23. The molecular formula is C17H26Cl2N2. The van der Waals surface area contributed by atoms with Gasteiger partial charge in [0, 0.05) is 25.2 Å². The second kappa shape index (κ2) is 7.82. The Morgan fingerprint density at radius 1 is 1.33 bits per heavy atom. The first-order chi connectivity index (χ1) is 9.97. The van der Waals surface area contributed by atoms with Crippen molar-refractivity contribution in [2.75, 3.05) is 13.1 Å². The summed E-state index contributed by atoms with van der Waals surface area (Å²) in [4.78, 5) is 2.53. The van der Waals surface area contributed by atoms with Gasteiger partial charge in [0.15, 0.2) is 0 Å². The first kappa shape index (κ1) is 17.1. The molecule has 1 N–H and O–H groups in total. The zero-order valence-corrected chi connectivity index (χ0v) is 14.7. The first-order valence-electron chi connectivity index (χ1n) is 7.87. The van der Waals surface area contributed by atoms with Crippen LogP contribution in [-0.2, 0) is 6.54 Å². The Balaban J connectivity index is 2.09. The van der Waals surface area contributed by atoms with Crippen LogP contribution in [0.15, 0.2) is 18.2 Å². The minimum absolute atomic E-state index is 0.560. The van der Waals surface area contributed by atoms with Gasteiger partial charge in [-0.2, -0.15) is 0 Å². The average molecular weight is 329 g/mol. The van der Waals surface area contributed by atoms with Crippen LogP contribution < -0.4 is 5.32 Å². The maximum Gasteiger partial charge on any atom is 0.0637 e. The molecule has 118 valence electrons. The molecule has 0 saturated carbocycles. The summed E-state index contributed by atoms with van der Waals surface area (Å²) in [6.07, 6.45) is 2.39. The summed E-state index contributed by atoms with van der Waals surface area (Å²) in [7, 11) is 0. The van der Waals surface area contributed by atoms with Crippen molar-refractivity contribution >= 4 is 23.2 Å². The quantitative estimate of drug-likeness (QED) is 0.869.